The van der Waals surface area contributed by atoms with E-state index in [4.69, 9.17) is 4.74 Å². The summed E-state index contributed by atoms with van der Waals surface area (Å²) in [6.45, 7) is -0.858. The molecule has 1 aliphatic rings. The topological polar surface area (TPSA) is 147 Å². The second kappa shape index (κ2) is 9.10. The van der Waals surface area contributed by atoms with E-state index in [1.165, 1.54) is 0 Å². The first-order valence-corrected chi connectivity index (χ1v) is 10.6. The van der Waals surface area contributed by atoms with Gasteiger partial charge >= 0.3 is 12.1 Å². The highest BCUT2D eigenvalue weighted by molar-refractivity contribution is 7.89. The largest absolute Gasteiger partial charge is 0.480 e. The number of benzene rings is 2. The van der Waals surface area contributed by atoms with Gasteiger partial charge in [-0.15, -0.1) is 0 Å². The van der Waals surface area contributed by atoms with Crippen LogP contribution in [0.25, 0.3) is 0 Å². The molecule has 31 heavy (non-hydrogen) atoms. The van der Waals surface area contributed by atoms with Gasteiger partial charge in [0, 0.05) is 31.8 Å². The van der Waals surface area contributed by atoms with E-state index >= 15 is 0 Å². The minimum absolute atomic E-state index is 0.0483. The van der Waals surface area contributed by atoms with Crippen molar-refractivity contribution in [2.24, 2.45) is 0 Å². The number of sulfonamides is 1. The number of nitrogens with zero attached hydrogens (tertiary/aromatic N) is 3. The van der Waals surface area contributed by atoms with Crippen molar-refractivity contribution < 1.29 is 32.8 Å². The zero-order valence-electron chi connectivity index (χ0n) is 16.2. The Morgan fingerprint density at radius 2 is 1.74 bits per heavy atom. The van der Waals surface area contributed by atoms with Gasteiger partial charge in [-0.05, 0) is 17.7 Å². The number of carbonyl (C=O) groups is 2. The number of piperazine rings is 1. The van der Waals surface area contributed by atoms with Gasteiger partial charge in [-0.1, -0.05) is 30.3 Å². The maximum absolute atomic E-state index is 12.9. The molecule has 2 aromatic rings. The van der Waals surface area contributed by atoms with Crippen molar-refractivity contribution in [3.63, 3.8) is 0 Å². The van der Waals surface area contributed by atoms with Crippen LogP contribution in [0.3, 0.4) is 0 Å². The molecule has 2 aromatic carbocycles. The van der Waals surface area contributed by atoms with E-state index in [1.54, 1.807) is 30.3 Å². The number of amides is 1. The number of rotatable bonds is 6. The smallest absolute Gasteiger partial charge is 0.410 e. The second-order valence-electron chi connectivity index (χ2n) is 6.70. The van der Waals surface area contributed by atoms with E-state index in [0.29, 0.717) is 0 Å². The first-order valence-electron chi connectivity index (χ1n) is 9.15. The molecule has 1 amide bonds. The number of hydrogen-bond acceptors (Lipinski definition) is 7. The maximum Gasteiger partial charge on any atom is 0.410 e. The van der Waals surface area contributed by atoms with Gasteiger partial charge < -0.3 is 9.84 Å². The lowest BCUT2D eigenvalue weighted by Gasteiger charge is -2.37. The normalized spacial score (nSPS) is 17.2. The van der Waals surface area contributed by atoms with Gasteiger partial charge in [-0.2, -0.15) is 4.31 Å². The van der Waals surface area contributed by atoms with E-state index in [-0.39, 0.29) is 30.3 Å². The molecular weight excluding hydrogens is 430 g/mol. The summed E-state index contributed by atoms with van der Waals surface area (Å²) in [5.41, 5.74) is 0.454. The van der Waals surface area contributed by atoms with Crippen LogP contribution < -0.4 is 0 Å². The lowest BCUT2D eigenvalue weighted by Crippen LogP contribution is -2.59. The van der Waals surface area contributed by atoms with Crippen LogP contribution >= 0.6 is 0 Å². The van der Waals surface area contributed by atoms with Gasteiger partial charge in [-0.3, -0.25) is 15.0 Å². The third kappa shape index (κ3) is 4.98. The summed E-state index contributed by atoms with van der Waals surface area (Å²) in [5.74, 6) is -1.37. The lowest BCUT2D eigenvalue weighted by molar-refractivity contribution is -0.384. The van der Waals surface area contributed by atoms with Gasteiger partial charge in [0.1, 0.15) is 12.6 Å². The number of hydrogen-bond donors (Lipinski definition) is 1. The van der Waals surface area contributed by atoms with Crippen LogP contribution in [0.5, 0.6) is 0 Å². The Balaban J connectivity index is 1.72. The summed E-state index contributed by atoms with van der Waals surface area (Å²) in [6.07, 6.45) is -0.858. The SMILES string of the molecule is O=C(O)C1CN(S(=O)(=O)c2ccc([N+](=O)[O-])cc2)CCN1C(=O)OCc1ccccc1. The number of carboxylic acids is 1. The van der Waals surface area contributed by atoms with Crippen molar-refractivity contribution in [1.29, 1.82) is 0 Å². The van der Waals surface area contributed by atoms with Crippen LogP contribution in [-0.2, 0) is 26.2 Å². The maximum atomic E-state index is 12.9. The Kier molecular flexibility index (Phi) is 6.51. The van der Waals surface area contributed by atoms with Gasteiger partial charge in [0.25, 0.3) is 5.69 Å². The Hall–Kier alpha value is -3.51. The van der Waals surface area contributed by atoms with Crippen molar-refractivity contribution >= 4 is 27.8 Å². The molecular formula is C19H19N3O8S. The summed E-state index contributed by atoms with van der Waals surface area (Å²) < 4.78 is 31.8. The van der Waals surface area contributed by atoms with Crippen LogP contribution in [0, 0.1) is 10.1 Å². The highest BCUT2D eigenvalue weighted by atomic mass is 32.2. The van der Waals surface area contributed by atoms with Gasteiger partial charge in [0.05, 0.1) is 9.82 Å². The molecule has 12 heteroatoms. The van der Waals surface area contributed by atoms with Crippen molar-refractivity contribution in [3.05, 3.63) is 70.3 Å². The monoisotopic (exact) mass is 449 g/mol. The molecule has 0 aromatic heterocycles. The Labute approximate surface area is 177 Å². The number of non-ortho nitro benzene ring substituents is 1. The third-order valence-corrected chi connectivity index (χ3v) is 6.63. The fourth-order valence-electron chi connectivity index (χ4n) is 3.10. The highest BCUT2D eigenvalue weighted by Crippen LogP contribution is 2.23. The molecule has 1 saturated heterocycles. The van der Waals surface area contributed by atoms with E-state index in [1.807, 2.05) is 0 Å². The highest BCUT2D eigenvalue weighted by Gasteiger charge is 2.40. The van der Waals surface area contributed by atoms with Gasteiger partial charge in [-0.25, -0.2) is 18.0 Å². The van der Waals surface area contributed by atoms with Crippen molar-refractivity contribution in [2.75, 3.05) is 19.6 Å². The molecule has 1 heterocycles. The molecule has 0 bridgehead atoms. The zero-order valence-corrected chi connectivity index (χ0v) is 17.0. The number of carboxylic acid groups (broad SMARTS) is 1. The number of nitro benzene ring substituents is 1. The third-order valence-electron chi connectivity index (χ3n) is 4.75. The van der Waals surface area contributed by atoms with Crippen LogP contribution in [0.2, 0.25) is 0 Å². The molecule has 3 rings (SSSR count). The molecule has 0 aliphatic carbocycles. The summed E-state index contributed by atoms with van der Waals surface area (Å²) in [4.78, 5) is 35.0. The van der Waals surface area contributed by atoms with E-state index in [0.717, 1.165) is 39.0 Å². The van der Waals surface area contributed by atoms with Crippen molar-refractivity contribution in [2.45, 2.75) is 17.5 Å². The quantitative estimate of drug-likeness (QED) is 0.517. The molecule has 164 valence electrons. The molecule has 1 atom stereocenters. The predicted molar refractivity (Wildman–Crippen MR) is 107 cm³/mol. The fraction of sp³-hybridized carbons (Fsp3) is 0.263. The number of carbonyl (C=O) groups excluding carboxylic acids is 1. The molecule has 1 unspecified atom stereocenters. The average Bonchev–Trinajstić information content (AvgIpc) is 2.77. The molecule has 0 radical (unpaired) electrons. The van der Waals surface area contributed by atoms with Crippen molar-refractivity contribution in [3.8, 4) is 0 Å². The number of aliphatic carboxylic acids is 1. The molecule has 1 fully saturated rings. The summed E-state index contributed by atoms with van der Waals surface area (Å²) in [6, 6.07) is 11.7. The average molecular weight is 449 g/mol. The van der Waals surface area contributed by atoms with Crippen LogP contribution in [0.15, 0.2) is 59.5 Å². The number of ether oxygens (including phenoxy) is 1. The fourth-order valence-corrected chi connectivity index (χ4v) is 4.53. The van der Waals surface area contributed by atoms with Crippen LogP contribution in [0.1, 0.15) is 5.56 Å². The summed E-state index contributed by atoms with van der Waals surface area (Å²) in [7, 11) is -4.11. The van der Waals surface area contributed by atoms with Crippen LogP contribution in [0.4, 0.5) is 10.5 Å². The molecule has 11 nitrogen and oxygen atoms in total. The molecule has 1 N–H and O–H groups in total. The predicted octanol–water partition coefficient (Wildman–Crippen LogP) is 1.69. The Morgan fingerprint density at radius 3 is 2.32 bits per heavy atom. The summed E-state index contributed by atoms with van der Waals surface area (Å²) >= 11 is 0. The first kappa shape index (κ1) is 22.2. The minimum atomic E-state index is -4.11. The Bertz CT molecular complexity index is 1070. The van der Waals surface area contributed by atoms with E-state index in [2.05, 4.69) is 0 Å². The van der Waals surface area contributed by atoms with E-state index in [9.17, 15) is 33.2 Å². The molecule has 0 saturated carbocycles. The zero-order chi connectivity index (χ0) is 22.6. The lowest BCUT2D eigenvalue weighted by atomic mass is 10.2. The molecule has 0 spiro atoms. The molecule has 1 aliphatic heterocycles. The van der Waals surface area contributed by atoms with Crippen LogP contribution in [-0.4, -0.2) is 65.4 Å². The van der Waals surface area contributed by atoms with Gasteiger partial charge in [0.15, 0.2) is 0 Å². The standard InChI is InChI=1S/C19H19N3O8S/c23-18(24)17-12-20(31(28,29)16-8-6-15(7-9-16)22(26)27)10-11-21(17)19(25)30-13-14-4-2-1-3-5-14/h1-9,17H,10-13H2,(H,23,24). The van der Waals surface area contributed by atoms with Gasteiger partial charge in [0.2, 0.25) is 10.0 Å². The number of nitro groups is 1. The first-order chi connectivity index (χ1) is 14.7. The summed E-state index contributed by atoms with van der Waals surface area (Å²) in [5, 5.41) is 20.3. The Morgan fingerprint density at radius 1 is 1.10 bits per heavy atom. The second-order valence-corrected chi connectivity index (χ2v) is 8.64. The van der Waals surface area contributed by atoms with E-state index < -0.39 is 39.6 Å². The minimum Gasteiger partial charge on any atom is -0.480 e. The van der Waals surface area contributed by atoms with Crippen molar-refractivity contribution in [1.82, 2.24) is 9.21 Å².